The van der Waals surface area contributed by atoms with E-state index in [1.807, 2.05) is 12.5 Å². The molecule has 0 spiro atoms. The first-order chi connectivity index (χ1) is 15.5. The summed E-state index contributed by atoms with van der Waals surface area (Å²) in [5.74, 6) is 3.17. The van der Waals surface area contributed by atoms with Crippen LogP contribution < -0.4 is 11.5 Å². The van der Waals surface area contributed by atoms with Gasteiger partial charge in [-0.25, -0.2) is 0 Å². The number of rotatable bonds is 7. The van der Waals surface area contributed by atoms with Crippen LogP contribution in [0.5, 0.6) is 0 Å². The average Bonchev–Trinajstić information content (AvgIpc) is 3.43. The Hall–Kier alpha value is -0.880. The zero-order valence-corrected chi connectivity index (χ0v) is 20.2. The molecule has 0 unspecified atom stereocenters. The molecule has 4 aliphatic carbocycles. The van der Waals surface area contributed by atoms with E-state index in [2.05, 4.69) is 19.9 Å². The van der Waals surface area contributed by atoms with Gasteiger partial charge in [0, 0.05) is 24.1 Å². The Kier molecular flexibility index (Phi) is 6.24. The van der Waals surface area contributed by atoms with Gasteiger partial charge < -0.3 is 25.4 Å². The first kappa shape index (κ1) is 22.9. The van der Waals surface area contributed by atoms with E-state index in [1.54, 1.807) is 0 Å². The molecule has 4 saturated carbocycles. The molecular weight excluding hydrogens is 400 g/mol. The molecule has 0 saturated heterocycles. The van der Waals surface area contributed by atoms with Gasteiger partial charge in [0.1, 0.15) is 5.60 Å². The third kappa shape index (κ3) is 3.33. The number of hydrogen-bond donors (Lipinski definition) is 2. The highest BCUT2D eigenvalue weighted by atomic mass is 16.5. The first-order valence-electron chi connectivity index (χ1n) is 13.2. The molecule has 0 aromatic carbocycles. The summed E-state index contributed by atoms with van der Waals surface area (Å²) < 4.78 is 18.4. The first-order valence-corrected chi connectivity index (χ1v) is 13.2. The van der Waals surface area contributed by atoms with Crippen molar-refractivity contribution in [3.05, 3.63) is 24.2 Å². The minimum Gasteiger partial charge on any atom is -0.472 e. The SMILES string of the molecule is C[C@]12CC[C@H](OCCN)C[C@H]1CC[C@@H]1[C@@H]2CC[C@@]2(C)[C@H]1CC[C@@]2(OCCN)c1ccoc1. The Morgan fingerprint density at radius 3 is 2.53 bits per heavy atom. The molecule has 4 aliphatic rings. The monoisotopic (exact) mass is 444 g/mol. The smallest absolute Gasteiger partial charge is 0.102 e. The molecule has 4 fully saturated rings. The van der Waals surface area contributed by atoms with Gasteiger partial charge in [-0.2, -0.15) is 0 Å². The molecule has 0 amide bonds. The summed E-state index contributed by atoms with van der Waals surface area (Å²) >= 11 is 0. The van der Waals surface area contributed by atoms with Crippen LogP contribution in [0.2, 0.25) is 0 Å². The second kappa shape index (κ2) is 8.72. The van der Waals surface area contributed by atoms with E-state index in [9.17, 15) is 0 Å². The standard InChI is InChI=1S/C27H44N2O3/c1-25-9-5-21(31-15-12-28)17-19(25)3-4-22-23(25)6-10-26(2)24(22)7-11-27(26,32-16-13-29)20-8-14-30-18-20/h8,14,18-19,21-24H,3-7,9-13,15-17,28-29H2,1-2H3/t19-,21+,22-,23+,24+,25+,26+,27-/m1/s1. The van der Waals surface area contributed by atoms with E-state index < -0.39 is 0 Å². The van der Waals surface area contributed by atoms with Crippen molar-refractivity contribution in [1.82, 2.24) is 0 Å². The largest absolute Gasteiger partial charge is 0.472 e. The molecule has 180 valence electrons. The predicted octanol–water partition coefficient (Wildman–Crippen LogP) is 4.84. The Balaban J connectivity index is 1.39. The van der Waals surface area contributed by atoms with Crippen LogP contribution in [-0.4, -0.2) is 32.4 Å². The Bertz CT molecular complexity index is 769. The molecular formula is C27H44N2O3. The summed E-state index contributed by atoms with van der Waals surface area (Å²) in [6, 6.07) is 2.14. The van der Waals surface area contributed by atoms with Gasteiger partial charge in [0.2, 0.25) is 0 Å². The van der Waals surface area contributed by atoms with Gasteiger partial charge in [0.25, 0.3) is 0 Å². The molecule has 1 heterocycles. The summed E-state index contributed by atoms with van der Waals surface area (Å²) in [7, 11) is 0. The molecule has 1 aromatic rings. The lowest BCUT2D eigenvalue weighted by atomic mass is 9.44. The summed E-state index contributed by atoms with van der Waals surface area (Å²) in [6.45, 7) is 7.68. The molecule has 0 aliphatic heterocycles. The van der Waals surface area contributed by atoms with E-state index >= 15 is 0 Å². The van der Waals surface area contributed by atoms with Crippen LogP contribution in [0.4, 0.5) is 0 Å². The zero-order valence-electron chi connectivity index (χ0n) is 20.2. The van der Waals surface area contributed by atoms with Crippen molar-refractivity contribution >= 4 is 0 Å². The van der Waals surface area contributed by atoms with Crippen molar-refractivity contribution in [2.45, 2.75) is 83.3 Å². The van der Waals surface area contributed by atoms with Crippen molar-refractivity contribution in [2.75, 3.05) is 26.3 Å². The van der Waals surface area contributed by atoms with Crippen LogP contribution in [0.25, 0.3) is 0 Å². The topological polar surface area (TPSA) is 83.6 Å². The van der Waals surface area contributed by atoms with Crippen molar-refractivity contribution in [2.24, 2.45) is 46.0 Å². The fourth-order valence-corrected chi connectivity index (χ4v) is 9.13. The van der Waals surface area contributed by atoms with Crippen molar-refractivity contribution in [3.63, 3.8) is 0 Å². The van der Waals surface area contributed by atoms with Gasteiger partial charge >= 0.3 is 0 Å². The van der Waals surface area contributed by atoms with Crippen LogP contribution in [0.15, 0.2) is 23.0 Å². The molecule has 8 atom stereocenters. The van der Waals surface area contributed by atoms with Gasteiger partial charge in [0.15, 0.2) is 0 Å². The average molecular weight is 445 g/mol. The van der Waals surface area contributed by atoms with Gasteiger partial charge in [-0.3, -0.25) is 0 Å². The Morgan fingerprint density at radius 1 is 0.969 bits per heavy atom. The molecule has 5 heteroatoms. The van der Waals surface area contributed by atoms with Crippen molar-refractivity contribution in [1.29, 1.82) is 0 Å². The second-order valence-electron chi connectivity index (χ2n) is 11.7. The van der Waals surface area contributed by atoms with E-state index in [4.69, 9.17) is 25.4 Å². The van der Waals surface area contributed by atoms with Gasteiger partial charge in [-0.1, -0.05) is 13.8 Å². The lowest BCUT2D eigenvalue weighted by Crippen LogP contribution is -2.56. The predicted molar refractivity (Wildman–Crippen MR) is 126 cm³/mol. The molecule has 5 rings (SSSR count). The third-order valence-corrected chi connectivity index (χ3v) is 10.7. The van der Waals surface area contributed by atoms with Gasteiger partial charge in [-0.05, 0) is 92.9 Å². The molecule has 4 N–H and O–H groups in total. The van der Waals surface area contributed by atoms with E-state index in [1.165, 1.54) is 56.9 Å². The van der Waals surface area contributed by atoms with Crippen LogP contribution in [0, 0.1) is 34.5 Å². The third-order valence-electron chi connectivity index (χ3n) is 10.7. The highest BCUT2D eigenvalue weighted by Gasteiger charge is 2.66. The summed E-state index contributed by atoms with van der Waals surface area (Å²) in [5.41, 5.74) is 13.2. The lowest BCUT2D eigenvalue weighted by molar-refractivity contribution is -0.182. The van der Waals surface area contributed by atoms with Gasteiger partial charge in [0.05, 0.1) is 31.8 Å². The number of hydrogen-bond acceptors (Lipinski definition) is 5. The van der Waals surface area contributed by atoms with Crippen LogP contribution >= 0.6 is 0 Å². The maximum Gasteiger partial charge on any atom is 0.102 e. The van der Waals surface area contributed by atoms with Crippen LogP contribution in [-0.2, 0) is 15.1 Å². The highest BCUT2D eigenvalue weighted by molar-refractivity contribution is 5.27. The Morgan fingerprint density at radius 2 is 1.78 bits per heavy atom. The fraction of sp³-hybridized carbons (Fsp3) is 0.852. The maximum atomic E-state index is 6.71. The normalized spacial score (nSPS) is 45.8. The second-order valence-corrected chi connectivity index (χ2v) is 11.7. The molecule has 0 radical (unpaired) electrons. The molecule has 32 heavy (non-hydrogen) atoms. The summed E-state index contributed by atoms with van der Waals surface area (Å²) in [4.78, 5) is 0. The number of fused-ring (bicyclic) bond motifs is 5. The summed E-state index contributed by atoms with van der Waals surface area (Å²) in [5, 5.41) is 0. The van der Waals surface area contributed by atoms with Crippen LogP contribution in [0.3, 0.4) is 0 Å². The number of furan rings is 1. The van der Waals surface area contributed by atoms with E-state index in [0.29, 0.717) is 37.8 Å². The highest BCUT2D eigenvalue weighted by Crippen LogP contribution is 2.71. The van der Waals surface area contributed by atoms with Crippen molar-refractivity contribution < 1.29 is 13.9 Å². The van der Waals surface area contributed by atoms with Crippen LogP contribution in [0.1, 0.15) is 77.2 Å². The quantitative estimate of drug-likeness (QED) is 0.629. The maximum absolute atomic E-state index is 6.71. The fourth-order valence-electron chi connectivity index (χ4n) is 9.13. The Labute approximate surface area is 194 Å². The minimum atomic E-state index is -0.250. The zero-order chi connectivity index (χ0) is 22.4. The molecule has 1 aromatic heterocycles. The van der Waals surface area contributed by atoms with Crippen molar-refractivity contribution in [3.8, 4) is 0 Å². The summed E-state index contributed by atoms with van der Waals surface area (Å²) in [6.07, 6.45) is 15.6. The molecule has 5 nitrogen and oxygen atoms in total. The minimum absolute atomic E-state index is 0.151. The number of nitrogens with two attached hydrogens (primary N) is 2. The van der Waals surface area contributed by atoms with E-state index in [-0.39, 0.29) is 11.0 Å². The lowest BCUT2D eigenvalue weighted by Gasteiger charge is -2.62. The van der Waals surface area contributed by atoms with Gasteiger partial charge in [-0.15, -0.1) is 0 Å². The van der Waals surface area contributed by atoms with E-state index in [0.717, 1.165) is 30.1 Å². The molecule has 0 bridgehead atoms. The number of ether oxygens (including phenoxy) is 2.